The highest BCUT2D eigenvalue weighted by Crippen LogP contribution is 2.26. The fraction of sp³-hybridized carbons (Fsp3) is 0.0625. The van der Waals surface area contributed by atoms with Crippen molar-refractivity contribution in [3.8, 4) is 5.75 Å². The van der Waals surface area contributed by atoms with Gasteiger partial charge in [-0.25, -0.2) is 9.59 Å². The van der Waals surface area contributed by atoms with E-state index in [4.69, 9.17) is 9.47 Å². The van der Waals surface area contributed by atoms with Gasteiger partial charge in [0.1, 0.15) is 12.4 Å². The van der Waals surface area contributed by atoms with Gasteiger partial charge in [-0.2, -0.15) is 0 Å². The number of para-hydroxylation sites is 1. The summed E-state index contributed by atoms with van der Waals surface area (Å²) in [6.45, 7) is 0.0795. The molecule has 0 atom stereocenters. The average Bonchev–Trinajstić information content (AvgIpc) is 2.55. The van der Waals surface area contributed by atoms with Gasteiger partial charge >= 0.3 is 11.9 Å². The maximum absolute atomic E-state index is 12.0. The van der Waals surface area contributed by atoms with Crippen molar-refractivity contribution in [1.82, 2.24) is 4.98 Å². The molecular weight excluding hydrogens is 270 g/mol. The summed E-state index contributed by atoms with van der Waals surface area (Å²) in [7, 11) is 0. The van der Waals surface area contributed by atoms with Gasteiger partial charge < -0.3 is 9.47 Å². The minimum atomic E-state index is -0.729. The van der Waals surface area contributed by atoms with E-state index in [2.05, 4.69) is 4.98 Å². The van der Waals surface area contributed by atoms with Gasteiger partial charge in [0.2, 0.25) is 0 Å². The second kappa shape index (κ2) is 5.58. The van der Waals surface area contributed by atoms with E-state index in [1.54, 1.807) is 12.1 Å². The summed E-state index contributed by atoms with van der Waals surface area (Å²) in [4.78, 5) is 27.6. The van der Waals surface area contributed by atoms with Gasteiger partial charge in [0.15, 0.2) is 0 Å². The first-order valence-electron chi connectivity index (χ1n) is 6.33. The van der Waals surface area contributed by atoms with Gasteiger partial charge in [-0.15, -0.1) is 0 Å². The van der Waals surface area contributed by atoms with Crippen LogP contribution in [0.2, 0.25) is 0 Å². The number of pyridine rings is 1. The minimum absolute atomic E-state index is 0.0795. The van der Waals surface area contributed by atoms with E-state index in [1.165, 1.54) is 18.5 Å². The predicted octanol–water partition coefficient (Wildman–Crippen LogP) is 2.24. The molecule has 0 radical (unpaired) electrons. The lowest BCUT2D eigenvalue weighted by Crippen LogP contribution is -2.20. The molecular formula is C16H11NO4. The second-order valence-corrected chi connectivity index (χ2v) is 4.41. The van der Waals surface area contributed by atoms with E-state index in [9.17, 15) is 9.59 Å². The minimum Gasteiger partial charge on any atom is -0.488 e. The molecule has 2 heterocycles. The van der Waals surface area contributed by atoms with E-state index >= 15 is 0 Å². The summed E-state index contributed by atoms with van der Waals surface area (Å²) < 4.78 is 10.3. The first kappa shape index (κ1) is 13.1. The van der Waals surface area contributed by atoms with Gasteiger partial charge in [0.05, 0.1) is 11.1 Å². The van der Waals surface area contributed by atoms with Crippen LogP contribution >= 0.6 is 0 Å². The molecule has 3 rings (SSSR count). The van der Waals surface area contributed by atoms with Crippen LogP contribution in [0.4, 0.5) is 0 Å². The molecule has 0 N–H and O–H groups in total. The van der Waals surface area contributed by atoms with E-state index < -0.39 is 11.9 Å². The predicted molar refractivity (Wildman–Crippen MR) is 74.6 cm³/mol. The first-order valence-corrected chi connectivity index (χ1v) is 6.33. The van der Waals surface area contributed by atoms with Crippen molar-refractivity contribution in [2.75, 3.05) is 6.61 Å². The standard InChI is InChI=1S/C16H11NO4/c18-15(12-5-3-7-17-9-12)21-16(19)13-8-11-4-1-2-6-14(11)20-10-13/h1-9H,10H2. The van der Waals surface area contributed by atoms with Crippen LogP contribution in [0, 0.1) is 0 Å². The molecule has 0 fully saturated rings. The Hall–Kier alpha value is -2.95. The van der Waals surface area contributed by atoms with Crippen LogP contribution in [0.1, 0.15) is 15.9 Å². The van der Waals surface area contributed by atoms with Gasteiger partial charge in [-0.3, -0.25) is 4.98 Å². The summed E-state index contributed by atoms with van der Waals surface area (Å²) in [6, 6.07) is 10.5. The highest BCUT2D eigenvalue weighted by Gasteiger charge is 2.21. The molecule has 5 nitrogen and oxygen atoms in total. The molecule has 0 unspecified atom stereocenters. The molecule has 0 amide bonds. The zero-order chi connectivity index (χ0) is 14.7. The van der Waals surface area contributed by atoms with Crippen LogP contribution in [0.15, 0.2) is 54.4 Å². The van der Waals surface area contributed by atoms with Crippen molar-refractivity contribution in [2.24, 2.45) is 0 Å². The smallest absolute Gasteiger partial charge is 0.347 e. The van der Waals surface area contributed by atoms with E-state index in [1.807, 2.05) is 24.3 Å². The maximum Gasteiger partial charge on any atom is 0.347 e. The number of hydrogen-bond acceptors (Lipinski definition) is 5. The number of carbonyl (C=O) groups excluding carboxylic acids is 2. The lowest BCUT2D eigenvalue weighted by molar-refractivity contribution is -0.133. The van der Waals surface area contributed by atoms with Gasteiger partial charge in [-0.1, -0.05) is 18.2 Å². The SMILES string of the molecule is O=C(OC(=O)c1cccnc1)C1=Cc2ccccc2OC1. The fourth-order valence-corrected chi connectivity index (χ4v) is 1.93. The molecule has 2 aromatic rings. The number of fused-ring (bicyclic) bond motifs is 1. The molecule has 0 bridgehead atoms. The van der Waals surface area contributed by atoms with Crippen molar-refractivity contribution in [2.45, 2.75) is 0 Å². The summed E-state index contributed by atoms with van der Waals surface area (Å²) >= 11 is 0. The van der Waals surface area contributed by atoms with Crippen LogP contribution in [0.3, 0.4) is 0 Å². The molecule has 21 heavy (non-hydrogen) atoms. The van der Waals surface area contributed by atoms with Crippen molar-refractivity contribution in [1.29, 1.82) is 0 Å². The molecule has 1 aromatic heterocycles. The molecule has 0 aliphatic carbocycles. The molecule has 104 valence electrons. The van der Waals surface area contributed by atoms with Crippen LogP contribution in [0.25, 0.3) is 6.08 Å². The monoisotopic (exact) mass is 281 g/mol. The zero-order valence-electron chi connectivity index (χ0n) is 11.0. The number of carbonyl (C=O) groups is 2. The summed E-state index contributed by atoms with van der Waals surface area (Å²) in [5.74, 6) is -0.737. The van der Waals surface area contributed by atoms with Crippen molar-refractivity contribution >= 4 is 18.0 Å². The third-order valence-electron chi connectivity index (χ3n) is 2.98. The number of esters is 2. The van der Waals surface area contributed by atoms with Crippen LogP contribution in [0.5, 0.6) is 5.75 Å². The van der Waals surface area contributed by atoms with E-state index in [0.29, 0.717) is 11.3 Å². The average molecular weight is 281 g/mol. The van der Waals surface area contributed by atoms with Gasteiger partial charge in [0, 0.05) is 18.0 Å². The lowest BCUT2D eigenvalue weighted by Gasteiger charge is -2.16. The summed E-state index contributed by atoms with van der Waals surface area (Å²) in [6.07, 6.45) is 4.54. The Labute approximate surface area is 120 Å². The van der Waals surface area contributed by atoms with Crippen molar-refractivity contribution in [3.05, 3.63) is 65.5 Å². The highest BCUT2D eigenvalue weighted by molar-refractivity contribution is 6.04. The first-order chi connectivity index (χ1) is 10.2. The Kier molecular flexibility index (Phi) is 3.47. The Bertz CT molecular complexity index is 722. The van der Waals surface area contributed by atoms with Crippen molar-refractivity contribution in [3.63, 3.8) is 0 Å². The Balaban J connectivity index is 1.75. The maximum atomic E-state index is 12.0. The molecule has 0 saturated heterocycles. The Morgan fingerprint density at radius 3 is 2.76 bits per heavy atom. The van der Waals surface area contributed by atoms with Crippen molar-refractivity contribution < 1.29 is 19.1 Å². The third-order valence-corrected chi connectivity index (χ3v) is 2.98. The van der Waals surface area contributed by atoms with Crippen LogP contribution < -0.4 is 4.74 Å². The number of aromatic nitrogens is 1. The Morgan fingerprint density at radius 2 is 1.95 bits per heavy atom. The molecule has 1 aliphatic heterocycles. The molecule has 1 aliphatic rings. The quantitative estimate of drug-likeness (QED) is 0.624. The zero-order valence-corrected chi connectivity index (χ0v) is 11.0. The summed E-state index contributed by atoms with van der Waals surface area (Å²) in [5.41, 5.74) is 1.30. The number of ether oxygens (including phenoxy) is 2. The molecule has 0 saturated carbocycles. The van der Waals surface area contributed by atoms with E-state index in [-0.39, 0.29) is 12.2 Å². The normalized spacial score (nSPS) is 12.7. The highest BCUT2D eigenvalue weighted by atomic mass is 16.6. The topological polar surface area (TPSA) is 65.5 Å². The number of nitrogens with zero attached hydrogens (tertiary/aromatic N) is 1. The van der Waals surface area contributed by atoms with Crippen LogP contribution in [-0.2, 0) is 9.53 Å². The van der Waals surface area contributed by atoms with Gasteiger partial charge in [-0.05, 0) is 24.3 Å². The lowest BCUT2D eigenvalue weighted by atomic mass is 10.1. The third kappa shape index (κ3) is 2.81. The molecule has 0 spiro atoms. The number of benzene rings is 1. The largest absolute Gasteiger partial charge is 0.488 e. The number of rotatable bonds is 2. The van der Waals surface area contributed by atoms with Crippen LogP contribution in [-0.4, -0.2) is 23.5 Å². The van der Waals surface area contributed by atoms with Gasteiger partial charge in [0.25, 0.3) is 0 Å². The second-order valence-electron chi connectivity index (χ2n) is 4.41. The summed E-state index contributed by atoms with van der Waals surface area (Å²) in [5, 5.41) is 0. The molecule has 5 heteroatoms. The fourth-order valence-electron chi connectivity index (χ4n) is 1.93. The Morgan fingerprint density at radius 1 is 1.10 bits per heavy atom. The number of hydrogen-bond donors (Lipinski definition) is 0. The van der Waals surface area contributed by atoms with E-state index in [0.717, 1.165) is 5.56 Å². The molecule has 1 aromatic carbocycles.